The van der Waals surface area contributed by atoms with Crippen molar-refractivity contribution in [2.75, 3.05) is 12.4 Å². The summed E-state index contributed by atoms with van der Waals surface area (Å²) in [6, 6.07) is 7.95. The van der Waals surface area contributed by atoms with E-state index in [-0.39, 0.29) is 11.4 Å². The van der Waals surface area contributed by atoms with Crippen LogP contribution >= 0.6 is 0 Å². The van der Waals surface area contributed by atoms with Gasteiger partial charge in [0.05, 0.1) is 12.7 Å². The molecular formula is C13H14N4O3. The van der Waals surface area contributed by atoms with Crippen LogP contribution in [0.3, 0.4) is 0 Å². The van der Waals surface area contributed by atoms with Gasteiger partial charge in [-0.15, -0.1) is 0 Å². The van der Waals surface area contributed by atoms with Crippen molar-refractivity contribution in [2.45, 2.75) is 0 Å². The largest absolute Gasteiger partial charge is 0.497 e. The topological polar surface area (TPSA) is 123 Å². The van der Waals surface area contributed by atoms with Crippen LogP contribution in [0, 0.1) is 0 Å². The highest BCUT2D eigenvalue weighted by molar-refractivity contribution is 6.02. The molecule has 0 aliphatic carbocycles. The van der Waals surface area contributed by atoms with Crippen LogP contribution in [0.15, 0.2) is 30.3 Å². The lowest BCUT2D eigenvalue weighted by Crippen LogP contribution is -2.22. The van der Waals surface area contributed by atoms with Gasteiger partial charge in [0.15, 0.2) is 0 Å². The summed E-state index contributed by atoms with van der Waals surface area (Å²) in [6.07, 6.45) is 0. The maximum absolute atomic E-state index is 11.3. The van der Waals surface area contributed by atoms with Crippen LogP contribution in [0.4, 0.5) is 10.6 Å². The second-order valence-electron chi connectivity index (χ2n) is 4.05. The van der Waals surface area contributed by atoms with Gasteiger partial charge in [0.2, 0.25) is 0 Å². The number of anilines is 1. The van der Waals surface area contributed by atoms with Crippen molar-refractivity contribution < 1.29 is 14.3 Å². The van der Waals surface area contributed by atoms with Gasteiger partial charge < -0.3 is 21.2 Å². The molecule has 3 amide bonds. The highest BCUT2D eigenvalue weighted by Crippen LogP contribution is 2.26. The number of nitrogens with two attached hydrogens (primary N) is 2. The SMILES string of the molecule is COc1ccc(-c2cc(C(N)=O)c(NC(N)=O)[nH]2)cc1. The summed E-state index contributed by atoms with van der Waals surface area (Å²) in [4.78, 5) is 25.1. The van der Waals surface area contributed by atoms with Gasteiger partial charge in [-0.1, -0.05) is 0 Å². The van der Waals surface area contributed by atoms with E-state index in [1.807, 2.05) is 12.1 Å². The number of amides is 3. The monoisotopic (exact) mass is 274 g/mol. The van der Waals surface area contributed by atoms with E-state index < -0.39 is 11.9 Å². The zero-order valence-corrected chi connectivity index (χ0v) is 10.8. The molecule has 0 saturated carbocycles. The van der Waals surface area contributed by atoms with Gasteiger partial charge in [0.25, 0.3) is 5.91 Å². The van der Waals surface area contributed by atoms with E-state index >= 15 is 0 Å². The molecule has 0 radical (unpaired) electrons. The van der Waals surface area contributed by atoms with Gasteiger partial charge in [-0.25, -0.2) is 4.79 Å². The lowest BCUT2D eigenvalue weighted by molar-refractivity contribution is 0.100. The molecule has 1 aromatic carbocycles. The minimum Gasteiger partial charge on any atom is -0.497 e. The Morgan fingerprint density at radius 2 is 1.85 bits per heavy atom. The van der Waals surface area contributed by atoms with Crippen molar-refractivity contribution >= 4 is 17.8 Å². The minimum atomic E-state index is -0.782. The third-order valence-electron chi connectivity index (χ3n) is 2.73. The van der Waals surface area contributed by atoms with Crippen molar-refractivity contribution in [3.63, 3.8) is 0 Å². The second kappa shape index (κ2) is 5.35. The summed E-state index contributed by atoms with van der Waals surface area (Å²) >= 11 is 0. The number of carbonyl (C=O) groups is 2. The van der Waals surface area contributed by atoms with Crippen LogP contribution in [0.1, 0.15) is 10.4 Å². The molecule has 6 N–H and O–H groups in total. The van der Waals surface area contributed by atoms with E-state index in [1.54, 1.807) is 25.3 Å². The van der Waals surface area contributed by atoms with Gasteiger partial charge in [-0.2, -0.15) is 0 Å². The number of hydrogen-bond acceptors (Lipinski definition) is 3. The number of nitrogens with one attached hydrogen (secondary N) is 2. The fraction of sp³-hybridized carbons (Fsp3) is 0.0769. The van der Waals surface area contributed by atoms with E-state index in [0.717, 1.165) is 5.56 Å². The van der Waals surface area contributed by atoms with Gasteiger partial charge >= 0.3 is 6.03 Å². The van der Waals surface area contributed by atoms with Crippen molar-refractivity contribution in [1.29, 1.82) is 0 Å². The number of H-pyrrole nitrogens is 1. The Balaban J connectivity index is 2.41. The molecule has 20 heavy (non-hydrogen) atoms. The first-order chi connectivity index (χ1) is 9.51. The van der Waals surface area contributed by atoms with E-state index in [0.29, 0.717) is 11.4 Å². The molecule has 7 nitrogen and oxygen atoms in total. The number of benzene rings is 1. The summed E-state index contributed by atoms with van der Waals surface area (Å²) < 4.78 is 5.07. The third-order valence-corrected chi connectivity index (χ3v) is 2.73. The average molecular weight is 274 g/mol. The Hall–Kier alpha value is -2.96. The number of aromatic amines is 1. The number of methoxy groups -OCH3 is 1. The van der Waals surface area contributed by atoms with Crippen LogP contribution < -0.4 is 21.5 Å². The number of primary amides is 2. The normalized spacial score (nSPS) is 10.1. The average Bonchev–Trinajstić information content (AvgIpc) is 2.82. The zero-order valence-electron chi connectivity index (χ0n) is 10.8. The van der Waals surface area contributed by atoms with E-state index in [9.17, 15) is 9.59 Å². The summed E-state index contributed by atoms with van der Waals surface area (Å²) in [7, 11) is 1.57. The summed E-state index contributed by atoms with van der Waals surface area (Å²) in [5.74, 6) is 0.228. The van der Waals surface area contributed by atoms with Gasteiger partial charge in [-0.05, 0) is 35.9 Å². The summed E-state index contributed by atoms with van der Waals surface area (Å²) in [5, 5.41) is 2.33. The maximum Gasteiger partial charge on any atom is 0.317 e. The first kappa shape index (κ1) is 13.5. The zero-order chi connectivity index (χ0) is 14.7. The molecule has 0 unspecified atom stereocenters. The van der Waals surface area contributed by atoms with E-state index in [4.69, 9.17) is 16.2 Å². The van der Waals surface area contributed by atoms with Gasteiger partial charge in [0, 0.05) is 5.69 Å². The quantitative estimate of drug-likeness (QED) is 0.671. The van der Waals surface area contributed by atoms with Crippen LogP contribution in [0.25, 0.3) is 11.3 Å². The van der Waals surface area contributed by atoms with Crippen LogP contribution in [0.5, 0.6) is 5.75 Å². The first-order valence-electron chi connectivity index (χ1n) is 5.75. The Morgan fingerprint density at radius 3 is 2.35 bits per heavy atom. The molecule has 0 aliphatic rings. The molecule has 2 rings (SSSR count). The van der Waals surface area contributed by atoms with Crippen LogP contribution in [-0.4, -0.2) is 24.0 Å². The molecular weight excluding hydrogens is 260 g/mol. The van der Waals surface area contributed by atoms with Crippen molar-refractivity contribution in [1.82, 2.24) is 4.98 Å². The summed E-state index contributed by atoms with van der Waals surface area (Å²) in [6.45, 7) is 0. The predicted molar refractivity (Wildman–Crippen MR) is 74.5 cm³/mol. The minimum absolute atomic E-state index is 0.162. The predicted octanol–water partition coefficient (Wildman–Crippen LogP) is 1.28. The van der Waals surface area contributed by atoms with Gasteiger partial charge in [0.1, 0.15) is 11.6 Å². The molecule has 0 aliphatic heterocycles. The molecule has 0 bridgehead atoms. The third kappa shape index (κ3) is 2.72. The van der Waals surface area contributed by atoms with Crippen molar-refractivity contribution in [2.24, 2.45) is 11.5 Å². The number of aromatic nitrogens is 1. The Bertz CT molecular complexity index is 646. The van der Waals surface area contributed by atoms with Crippen LogP contribution in [0.2, 0.25) is 0 Å². The van der Waals surface area contributed by atoms with Gasteiger partial charge in [-0.3, -0.25) is 10.1 Å². The Morgan fingerprint density at radius 1 is 1.20 bits per heavy atom. The highest BCUT2D eigenvalue weighted by atomic mass is 16.5. The smallest absolute Gasteiger partial charge is 0.317 e. The number of rotatable bonds is 4. The molecule has 0 atom stereocenters. The summed E-state index contributed by atoms with van der Waals surface area (Å²) in [5.41, 5.74) is 11.9. The van der Waals surface area contributed by atoms with E-state index in [1.165, 1.54) is 0 Å². The number of urea groups is 1. The fourth-order valence-electron chi connectivity index (χ4n) is 1.80. The molecule has 1 aromatic heterocycles. The first-order valence-corrected chi connectivity index (χ1v) is 5.75. The maximum atomic E-state index is 11.3. The van der Waals surface area contributed by atoms with Crippen molar-refractivity contribution in [3.05, 3.63) is 35.9 Å². The molecule has 0 fully saturated rings. The molecule has 7 heteroatoms. The Kier molecular flexibility index (Phi) is 3.60. The Labute approximate surface area is 114 Å². The number of hydrogen-bond donors (Lipinski definition) is 4. The standard InChI is InChI=1S/C13H14N4O3/c1-20-8-4-2-7(3-5-8)10-6-9(11(14)18)12(16-10)17-13(15)19/h2-6,16H,1H3,(H2,14,18)(H3,15,17,19). The molecule has 0 spiro atoms. The second-order valence-corrected chi connectivity index (χ2v) is 4.05. The molecule has 104 valence electrons. The molecule has 0 saturated heterocycles. The molecule has 1 heterocycles. The van der Waals surface area contributed by atoms with Crippen molar-refractivity contribution in [3.8, 4) is 17.0 Å². The fourth-order valence-corrected chi connectivity index (χ4v) is 1.80. The number of ether oxygens (including phenoxy) is 1. The van der Waals surface area contributed by atoms with E-state index in [2.05, 4.69) is 10.3 Å². The highest BCUT2D eigenvalue weighted by Gasteiger charge is 2.15. The lowest BCUT2D eigenvalue weighted by Gasteiger charge is -2.02. The lowest BCUT2D eigenvalue weighted by atomic mass is 10.1. The van der Waals surface area contributed by atoms with Crippen LogP contribution in [-0.2, 0) is 0 Å². The molecule has 2 aromatic rings. The number of carbonyl (C=O) groups excluding carboxylic acids is 2.